The molecule has 0 spiro atoms. The minimum atomic E-state index is -0.485. The number of carbonyl (C=O) groups excluding carboxylic acids is 3. The third-order valence-corrected chi connectivity index (χ3v) is 9.74. The van der Waals surface area contributed by atoms with E-state index in [1.165, 1.54) is 11.3 Å². The molecular formula is C31H28Cl2N4O5S2. The van der Waals surface area contributed by atoms with Gasteiger partial charge in [-0.2, -0.15) is 5.10 Å². The Kier molecular flexibility index (Phi) is 10.3. The third-order valence-electron chi connectivity index (χ3n) is 6.90. The minimum Gasteiger partial charge on any atom is -0.506 e. The van der Waals surface area contributed by atoms with Gasteiger partial charge in [-0.1, -0.05) is 41.4 Å². The first-order valence-corrected chi connectivity index (χ1v) is 16.1. The van der Waals surface area contributed by atoms with Gasteiger partial charge in [-0.25, -0.2) is 5.43 Å². The van der Waals surface area contributed by atoms with Crippen LogP contribution in [0.4, 0.5) is 0 Å². The SMILES string of the molecule is C/C(=N\NC(=O)c1ccc(C(=O)NCc2ccc(C(=O)NCC3CCCO3)cc2)s1)c1csc(-c2ccc(Cl)c(Cl)c2)c1O. The number of hydrazone groups is 1. The summed E-state index contributed by atoms with van der Waals surface area (Å²) in [7, 11) is 0. The summed E-state index contributed by atoms with van der Waals surface area (Å²) in [5.74, 6) is -0.960. The number of hydrogen-bond acceptors (Lipinski definition) is 8. The van der Waals surface area contributed by atoms with E-state index < -0.39 is 5.91 Å². The Morgan fingerprint density at radius 1 is 0.977 bits per heavy atom. The lowest BCUT2D eigenvalue weighted by Gasteiger charge is -2.11. The highest BCUT2D eigenvalue weighted by Gasteiger charge is 2.18. The van der Waals surface area contributed by atoms with E-state index in [1.54, 1.807) is 66.9 Å². The van der Waals surface area contributed by atoms with Gasteiger partial charge >= 0.3 is 0 Å². The van der Waals surface area contributed by atoms with Gasteiger partial charge in [0.25, 0.3) is 17.7 Å². The van der Waals surface area contributed by atoms with Crippen LogP contribution in [-0.2, 0) is 11.3 Å². The Morgan fingerprint density at radius 2 is 1.73 bits per heavy atom. The van der Waals surface area contributed by atoms with E-state index in [1.807, 2.05) is 0 Å². The number of thiophene rings is 2. The van der Waals surface area contributed by atoms with Crippen molar-refractivity contribution in [2.45, 2.75) is 32.4 Å². The molecule has 5 rings (SSSR count). The summed E-state index contributed by atoms with van der Waals surface area (Å²) in [4.78, 5) is 39.1. The van der Waals surface area contributed by atoms with Gasteiger partial charge in [-0.05, 0) is 67.3 Å². The summed E-state index contributed by atoms with van der Waals surface area (Å²) in [5.41, 5.74) is 5.42. The highest BCUT2D eigenvalue weighted by Crippen LogP contribution is 2.40. The first-order valence-electron chi connectivity index (χ1n) is 13.7. The summed E-state index contributed by atoms with van der Waals surface area (Å²) in [5, 5.41) is 23.2. The normalized spacial score (nSPS) is 14.8. The molecule has 1 aliphatic rings. The molecule has 0 bridgehead atoms. The van der Waals surface area contributed by atoms with Crippen LogP contribution >= 0.6 is 45.9 Å². The van der Waals surface area contributed by atoms with Crippen molar-refractivity contribution < 1.29 is 24.2 Å². The fraction of sp³-hybridized carbons (Fsp3) is 0.226. The Balaban J connectivity index is 1.12. The zero-order valence-corrected chi connectivity index (χ0v) is 26.6. The van der Waals surface area contributed by atoms with Crippen LogP contribution in [0.1, 0.15) is 60.6 Å². The number of ether oxygens (including phenoxy) is 1. The standard InChI is InChI=1S/C31H28Cl2N4O5S2/c1-17(22-16-43-28(27(22)38)20-8-9-23(32)24(33)13-20)36-37-31(41)26-11-10-25(44-26)30(40)34-14-18-4-6-19(7-5-18)29(39)35-15-21-3-2-12-42-21/h4-11,13,16,21,38H,2-3,12,14-15H2,1H3,(H,34,40)(H,35,39)(H,37,41)/b36-17+. The second-order valence-electron chi connectivity index (χ2n) is 9.98. The van der Waals surface area contributed by atoms with Gasteiger partial charge in [-0.15, -0.1) is 22.7 Å². The molecule has 228 valence electrons. The van der Waals surface area contributed by atoms with E-state index in [0.717, 1.165) is 36.3 Å². The van der Waals surface area contributed by atoms with Crippen LogP contribution < -0.4 is 16.1 Å². The second kappa shape index (κ2) is 14.4. The van der Waals surface area contributed by atoms with Crippen LogP contribution in [0.3, 0.4) is 0 Å². The smallest absolute Gasteiger partial charge is 0.281 e. The maximum atomic E-state index is 12.7. The molecule has 9 nitrogen and oxygen atoms in total. The number of rotatable bonds is 10. The molecule has 1 unspecified atom stereocenters. The molecule has 2 aromatic carbocycles. The number of carbonyl (C=O) groups is 3. The summed E-state index contributed by atoms with van der Waals surface area (Å²) < 4.78 is 5.53. The quantitative estimate of drug-likeness (QED) is 0.113. The molecule has 4 aromatic rings. The number of aromatic hydroxyl groups is 1. The number of benzene rings is 2. The van der Waals surface area contributed by atoms with Crippen LogP contribution in [0.15, 0.2) is 65.1 Å². The van der Waals surface area contributed by atoms with Crippen LogP contribution in [0, 0.1) is 0 Å². The van der Waals surface area contributed by atoms with Crippen LogP contribution in [0.25, 0.3) is 10.4 Å². The average Bonchev–Trinajstić information content (AvgIpc) is 3.81. The van der Waals surface area contributed by atoms with Gasteiger partial charge in [-0.3, -0.25) is 14.4 Å². The largest absolute Gasteiger partial charge is 0.506 e. The molecule has 4 N–H and O–H groups in total. The fourth-order valence-corrected chi connectivity index (χ4v) is 6.55. The minimum absolute atomic E-state index is 0.0197. The number of amides is 3. The van der Waals surface area contributed by atoms with E-state index in [2.05, 4.69) is 21.2 Å². The van der Waals surface area contributed by atoms with E-state index in [4.69, 9.17) is 27.9 Å². The second-order valence-corrected chi connectivity index (χ2v) is 12.8. The van der Waals surface area contributed by atoms with Crippen molar-refractivity contribution in [3.63, 3.8) is 0 Å². The Morgan fingerprint density at radius 3 is 2.43 bits per heavy atom. The molecule has 3 heterocycles. The molecule has 44 heavy (non-hydrogen) atoms. The van der Waals surface area contributed by atoms with Gasteiger partial charge in [0.15, 0.2) is 0 Å². The monoisotopic (exact) mass is 670 g/mol. The number of nitrogens with one attached hydrogen (secondary N) is 3. The predicted octanol–water partition coefficient (Wildman–Crippen LogP) is 6.48. The van der Waals surface area contributed by atoms with Crippen molar-refractivity contribution in [2.24, 2.45) is 5.10 Å². The predicted molar refractivity (Wildman–Crippen MR) is 174 cm³/mol. The van der Waals surface area contributed by atoms with Crippen molar-refractivity contribution >= 4 is 69.3 Å². The zero-order valence-electron chi connectivity index (χ0n) is 23.5. The highest BCUT2D eigenvalue weighted by molar-refractivity contribution is 7.16. The highest BCUT2D eigenvalue weighted by atomic mass is 35.5. The van der Waals surface area contributed by atoms with Gasteiger partial charge in [0.2, 0.25) is 0 Å². The number of nitrogens with zero attached hydrogens (tertiary/aromatic N) is 1. The lowest BCUT2D eigenvalue weighted by Crippen LogP contribution is -2.31. The Hall–Kier alpha value is -3.74. The third kappa shape index (κ3) is 7.66. The van der Waals surface area contributed by atoms with Crippen LogP contribution in [-0.4, -0.2) is 47.8 Å². The van der Waals surface area contributed by atoms with Gasteiger partial charge < -0.3 is 20.5 Å². The topological polar surface area (TPSA) is 129 Å². The molecule has 0 aliphatic carbocycles. The molecular weight excluding hydrogens is 643 g/mol. The molecule has 1 saturated heterocycles. The number of hydrogen-bond donors (Lipinski definition) is 4. The van der Waals surface area contributed by atoms with Crippen molar-refractivity contribution in [3.05, 3.63) is 96.5 Å². The average molecular weight is 672 g/mol. The van der Waals surface area contributed by atoms with Crippen molar-refractivity contribution in [3.8, 4) is 16.2 Å². The maximum Gasteiger partial charge on any atom is 0.281 e. The van der Waals surface area contributed by atoms with E-state index in [0.29, 0.717) is 53.6 Å². The van der Waals surface area contributed by atoms with E-state index >= 15 is 0 Å². The Bertz CT molecular complexity index is 1710. The maximum absolute atomic E-state index is 12.7. The first-order chi connectivity index (χ1) is 21.2. The molecule has 13 heteroatoms. The zero-order chi connectivity index (χ0) is 31.2. The molecule has 1 aliphatic heterocycles. The van der Waals surface area contributed by atoms with Gasteiger partial charge in [0.05, 0.1) is 42.1 Å². The summed E-state index contributed by atoms with van der Waals surface area (Å²) in [6.07, 6.45) is 2.04. The Labute approximate surface area is 271 Å². The van der Waals surface area contributed by atoms with E-state index in [-0.39, 0.29) is 30.2 Å². The van der Waals surface area contributed by atoms with Crippen LogP contribution in [0.5, 0.6) is 5.75 Å². The lowest BCUT2D eigenvalue weighted by atomic mass is 10.1. The first kappa shape index (κ1) is 31.7. The number of halogens is 2. The molecule has 1 fully saturated rings. The fourth-order valence-electron chi connectivity index (χ4n) is 4.44. The molecule has 1 atom stereocenters. The van der Waals surface area contributed by atoms with Crippen molar-refractivity contribution in [1.82, 2.24) is 16.1 Å². The van der Waals surface area contributed by atoms with Crippen LogP contribution in [0.2, 0.25) is 10.0 Å². The molecule has 2 aromatic heterocycles. The molecule has 0 saturated carbocycles. The molecule has 3 amide bonds. The van der Waals surface area contributed by atoms with Gasteiger partial charge in [0.1, 0.15) is 5.75 Å². The molecule has 0 radical (unpaired) electrons. The summed E-state index contributed by atoms with van der Waals surface area (Å²) in [6.45, 7) is 3.15. The van der Waals surface area contributed by atoms with Crippen molar-refractivity contribution in [2.75, 3.05) is 13.2 Å². The summed E-state index contributed by atoms with van der Waals surface area (Å²) >= 11 is 14.5. The van der Waals surface area contributed by atoms with Crippen molar-refractivity contribution in [1.29, 1.82) is 0 Å². The van der Waals surface area contributed by atoms with E-state index in [9.17, 15) is 19.5 Å². The lowest BCUT2D eigenvalue weighted by molar-refractivity contribution is 0.0857. The summed E-state index contributed by atoms with van der Waals surface area (Å²) in [6, 6.07) is 15.2. The van der Waals surface area contributed by atoms with Gasteiger partial charge in [0, 0.05) is 30.6 Å².